The SMILES string of the molecule is CC[C@H](O)c1ccccc1Oc1ccc(Br)cc1C. The van der Waals surface area contributed by atoms with Crippen molar-refractivity contribution in [3.05, 3.63) is 58.1 Å². The number of hydrogen-bond acceptors (Lipinski definition) is 2. The fourth-order valence-corrected chi connectivity index (χ4v) is 2.39. The Kier molecular flexibility index (Phi) is 4.61. The van der Waals surface area contributed by atoms with E-state index in [9.17, 15) is 5.11 Å². The predicted octanol–water partition coefficient (Wildman–Crippen LogP) is 4.99. The van der Waals surface area contributed by atoms with Gasteiger partial charge in [-0.15, -0.1) is 0 Å². The third kappa shape index (κ3) is 3.37. The van der Waals surface area contributed by atoms with E-state index in [2.05, 4.69) is 15.9 Å². The number of benzene rings is 2. The van der Waals surface area contributed by atoms with Gasteiger partial charge in [0.15, 0.2) is 0 Å². The molecule has 0 aliphatic heterocycles. The minimum atomic E-state index is -0.494. The van der Waals surface area contributed by atoms with Crippen molar-refractivity contribution < 1.29 is 9.84 Å². The maximum atomic E-state index is 10.0. The van der Waals surface area contributed by atoms with E-state index >= 15 is 0 Å². The van der Waals surface area contributed by atoms with Crippen molar-refractivity contribution in [1.29, 1.82) is 0 Å². The van der Waals surface area contributed by atoms with Gasteiger partial charge in [-0.05, 0) is 43.2 Å². The van der Waals surface area contributed by atoms with Crippen LogP contribution in [0.25, 0.3) is 0 Å². The van der Waals surface area contributed by atoms with Crippen molar-refractivity contribution in [2.45, 2.75) is 26.4 Å². The average Bonchev–Trinajstić information content (AvgIpc) is 2.41. The molecule has 2 rings (SSSR count). The highest BCUT2D eigenvalue weighted by Crippen LogP contribution is 2.33. The smallest absolute Gasteiger partial charge is 0.133 e. The topological polar surface area (TPSA) is 29.5 Å². The Morgan fingerprint density at radius 1 is 1.16 bits per heavy atom. The highest BCUT2D eigenvalue weighted by molar-refractivity contribution is 9.10. The van der Waals surface area contributed by atoms with Gasteiger partial charge in [0.05, 0.1) is 6.10 Å². The van der Waals surface area contributed by atoms with Crippen molar-refractivity contribution in [1.82, 2.24) is 0 Å². The number of para-hydroxylation sites is 1. The minimum absolute atomic E-state index is 0.494. The Bertz CT molecular complexity index is 566. The summed E-state index contributed by atoms with van der Waals surface area (Å²) in [5.41, 5.74) is 1.88. The van der Waals surface area contributed by atoms with Crippen LogP contribution >= 0.6 is 15.9 Å². The molecule has 0 saturated carbocycles. The Labute approximate surface area is 122 Å². The van der Waals surface area contributed by atoms with Crippen LogP contribution < -0.4 is 4.74 Å². The van der Waals surface area contributed by atoms with E-state index < -0.39 is 6.10 Å². The summed E-state index contributed by atoms with van der Waals surface area (Å²) in [6, 6.07) is 13.5. The zero-order valence-corrected chi connectivity index (χ0v) is 12.6. The lowest BCUT2D eigenvalue weighted by molar-refractivity contribution is 0.170. The Balaban J connectivity index is 2.33. The molecule has 3 heteroatoms. The molecule has 100 valence electrons. The number of aliphatic hydroxyl groups excluding tert-OH is 1. The summed E-state index contributed by atoms with van der Waals surface area (Å²) in [5.74, 6) is 1.52. The lowest BCUT2D eigenvalue weighted by Gasteiger charge is -2.15. The van der Waals surface area contributed by atoms with E-state index in [-0.39, 0.29) is 0 Å². The van der Waals surface area contributed by atoms with Gasteiger partial charge >= 0.3 is 0 Å². The van der Waals surface area contributed by atoms with Crippen LogP contribution in [0.15, 0.2) is 46.9 Å². The van der Waals surface area contributed by atoms with Gasteiger partial charge in [0.25, 0.3) is 0 Å². The Morgan fingerprint density at radius 2 is 1.89 bits per heavy atom. The van der Waals surface area contributed by atoms with Gasteiger partial charge in [-0.3, -0.25) is 0 Å². The lowest BCUT2D eigenvalue weighted by Crippen LogP contribution is -1.99. The molecule has 1 atom stereocenters. The predicted molar refractivity (Wildman–Crippen MR) is 80.6 cm³/mol. The molecular weight excluding hydrogens is 304 g/mol. The summed E-state index contributed by atoms with van der Waals surface area (Å²) >= 11 is 3.44. The van der Waals surface area contributed by atoms with Crippen molar-refractivity contribution in [2.75, 3.05) is 0 Å². The standard InChI is InChI=1S/C16H17BrO2/c1-3-14(18)13-6-4-5-7-16(13)19-15-9-8-12(17)10-11(15)2/h4-10,14,18H,3H2,1-2H3/t14-/m0/s1. The highest BCUT2D eigenvalue weighted by Gasteiger charge is 2.12. The zero-order chi connectivity index (χ0) is 13.8. The monoisotopic (exact) mass is 320 g/mol. The molecule has 0 heterocycles. The molecule has 2 aromatic rings. The minimum Gasteiger partial charge on any atom is -0.457 e. The second kappa shape index (κ2) is 6.22. The summed E-state index contributed by atoms with van der Waals surface area (Å²) in [7, 11) is 0. The quantitative estimate of drug-likeness (QED) is 0.859. The van der Waals surface area contributed by atoms with Crippen molar-refractivity contribution in [3.8, 4) is 11.5 Å². The number of rotatable bonds is 4. The third-order valence-corrected chi connectivity index (χ3v) is 3.51. The second-order valence-corrected chi connectivity index (χ2v) is 5.39. The molecule has 0 unspecified atom stereocenters. The van der Waals surface area contributed by atoms with Crippen LogP contribution in [0.4, 0.5) is 0 Å². The summed E-state index contributed by atoms with van der Waals surface area (Å²) in [5, 5.41) is 10.0. The van der Waals surface area contributed by atoms with Gasteiger partial charge in [-0.1, -0.05) is 41.1 Å². The van der Waals surface area contributed by atoms with Crippen LogP contribution in [0.1, 0.15) is 30.6 Å². The maximum absolute atomic E-state index is 10.0. The number of aliphatic hydroxyl groups is 1. The first kappa shape index (κ1) is 14.1. The van der Waals surface area contributed by atoms with Gasteiger partial charge in [-0.2, -0.15) is 0 Å². The van der Waals surface area contributed by atoms with E-state index in [0.717, 1.165) is 21.3 Å². The van der Waals surface area contributed by atoms with Crippen molar-refractivity contribution in [3.63, 3.8) is 0 Å². The molecule has 1 N–H and O–H groups in total. The number of ether oxygens (including phenoxy) is 1. The van der Waals surface area contributed by atoms with E-state index in [0.29, 0.717) is 12.2 Å². The van der Waals surface area contributed by atoms with Gasteiger partial charge < -0.3 is 9.84 Å². The first-order valence-corrected chi connectivity index (χ1v) is 7.12. The first-order valence-electron chi connectivity index (χ1n) is 6.32. The summed E-state index contributed by atoms with van der Waals surface area (Å²) in [4.78, 5) is 0. The molecule has 2 aromatic carbocycles. The van der Waals surface area contributed by atoms with Crippen LogP contribution in [0.3, 0.4) is 0 Å². The molecule has 0 aromatic heterocycles. The second-order valence-electron chi connectivity index (χ2n) is 4.47. The fraction of sp³-hybridized carbons (Fsp3) is 0.250. The van der Waals surface area contributed by atoms with Crippen LogP contribution in [-0.4, -0.2) is 5.11 Å². The molecule has 0 saturated heterocycles. The largest absolute Gasteiger partial charge is 0.457 e. The van der Waals surface area contributed by atoms with Gasteiger partial charge in [0.2, 0.25) is 0 Å². The maximum Gasteiger partial charge on any atom is 0.133 e. The number of halogens is 1. The van der Waals surface area contributed by atoms with Crippen molar-refractivity contribution in [2.24, 2.45) is 0 Å². The number of hydrogen-bond donors (Lipinski definition) is 1. The zero-order valence-electron chi connectivity index (χ0n) is 11.1. The highest BCUT2D eigenvalue weighted by atomic mass is 79.9. The van der Waals surface area contributed by atoms with Crippen molar-refractivity contribution >= 4 is 15.9 Å². The van der Waals surface area contributed by atoms with E-state index in [1.165, 1.54) is 0 Å². The summed E-state index contributed by atoms with van der Waals surface area (Å²) in [6.07, 6.45) is 0.173. The Hall–Kier alpha value is -1.32. The molecule has 0 radical (unpaired) electrons. The average molecular weight is 321 g/mol. The first-order chi connectivity index (χ1) is 9.11. The van der Waals surface area contributed by atoms with Gasteiger partial charge in [0.1, 0.15) is 11.5 Å². The molecule has 0 fully saturated rings. The van der Waals surface area contributed by atoms with E-state index in [1.807, 2.05) is 56.3 Å². The van der Waals surface area contributed by atoms with Crippen LogP contribution in [0.5, 0.6) is 11.5 Å². The summed E-state index contributed by atoms with van der Waals surface area (Å²) in [6.45, 7) is 3.95. The lowest BCUT2D eigenvalue weighted by atomic mass is 10.1. The third-order valence-electron chi connectivity index (χ3n) is 3.02. The molecule has 2 nitrogen and oxygen atoms in total. The fourth-order valence-electron chi connectivity index (χ4n) is 1.91. The Morgan fingerprint density at radius 3 is 2.58 bits per heavy atom. The van der Waals surface area contributed by atoms with Crippen LogP contribution in [0, 0.1) is 6.92 Å². The van der Waals surface area contributed by atoms with Gasteiger partial charge in [-0.25, -0.2) is 0 Å². The molecule has 0 aliphatic rings. The van der Waals surface area contributed by atoms with Crippen LogP contribution in [0.2, 0.25) is 0 Å². The molecule has 0 aliphatic carbocycles. The molecule has 0 amide bonds. The van der Waals surface area contributed by atoms with E-state index in [1.54, 1.807) is 0 Å². The summed E-state index contributed by atoms with van der Waals surface area (Å²) < 4.78 is 6.96. The number of aryl methyl sites for hydroxylation is 1. The molecule has 19 heavy (non-hydrogen) atoms. The molecular formula is C16H17BrO2. The van der Waals surface area contributed by atoms with E-state index in [4.69, 9.17) is 4.74 Å². The molecule has 0 bridgehead atoms. The van der Waals surface area contributed by atoms with Gasteiger partial charge in [0, 0.05) is 10.0 Å². The van der Waals surface area contributed by atoms with Crippen LogP contribution in [-0.2, 0) is 0 Å². The molecule has 0 spiro atoms. The normalized spacial score (nSPS) is 12.2.